The third kappa shape index (κ3) is 13.2. The first kappa shape index (κ1) is 57.3. The van der Waals surface area contributed by atoms with Crippen LogP contribution in [0.2, 0.25) is 0 Å². The van der Waals surface area contributed by atoms with Crippen LogP contribution in [-0.4, -0.2) is 301 Å². The minimum Gasteiger partial charge on any atom is -0.394 e. The Morgan fingerprint density at radius 1 is 0.464 bits per heavy atom. The Morgan fingerprint density at radius 3 is 1.36 bits per heavy atom. The fraction of sp³-hybridized carbons (Fsp3) is 0.921. The zero-order valence-electron chi connectivity index (χ0n) is 37.1. The van der Waals surface area contributed by atoms with E-state index in [0.717, 1.165) is 13.8 Å². The zero-order valence-corrected chi connectivity index (χ0v) is 37.1. The van der Waals surface area contributed by atoms with Crippen molar-refractivity contribution >= 4 is 18.2 Å². The summed E-state index contributed by atoms with van der Waals surface area (Å²) >= 11 is 0. The summed E-state index contributed by atoms with van der Waals surface area (Å²) in [5.41, 5.74) is 0. The van der Waals surface area contributed by atoms with Gasteiger partial charge in [-0.1, -0.05) is 0 Å². The summed E-state index contributed by atoms with van der Waals surface area (Å²) in [5, 5.41) is 167. The molecule has 0 bridgehead atoms. The van der Waals surface area contributed by atoms with Gasteiger partial charge in [0.05, 0.1) is 52.3 Å². The number of carbonyl (C=O) groups excluding carboxylic acids is 3. The van der Waals surface area contributed by atoms with Crippen molar-refractivity contribution in [3.63, 3.8) is 0 Å². The van der Waals surface area contributed by atoms with Crippen molar-refractivity contribution in [1.29, 1.82) is 0 Å². The van der Waals surface area contributed by atoms with Gasteiger partial charge in [0.1, 0.15) is 122 Å². The third-order valence-electron chi connectivity index (χ3n) is 12.1. The van der Waals surface area contributed by atoms with E-state index in [1.807, 2.05) is 0 Å². The normalized spacial score (nSPS) is 45.6. The molecule has 5 saturated heterocycles. The van der Waals surface area contributed by atoms with Gasteiger partial charge in [-0.05, 0) is 0 Å². The highest BCUT2D eigenvalue weighted by atomic mass is 16.8. The van der Waals surface area contributed by atoms with Gasteiger partial charge in [0.15, 0.2) is 31.5 Å². The Kier molecular flexibility index (Phi) is 21.5. The van der Waals surface area contributed by atoms with Gasteiger partial charge in [0.25, 0.3) is 0 Å². The monoisotopic (exact) mass is 1010 g/mol. The van der Waals surface area contributed by atoms with E-state index in [9.17, 15) is 91.0 Å². The maximum Gasteiger partial charge on any atom is 0.217 e. The van der Waals surface area contributed by atoms with Gasteiger partial charge in [-0.3, -0.25) is 14.4 Å². The van der Waals surface area contributed by atoms with E-state index >= 15 is 0 Å². The zero-order chi connectivity index (χ0) is 51.0. The van der Waals surface area contributed by atoms with Crippen molar-refractivity contribution in [2.24, 2.45) is 0 Å². The molecule has 0 unspecified atom stereocenters. The molecule has 31 nitrogen and oxygen atoms in total. The molecule has 18 N–H and O–H groups in total. The van der Waals surface area contributed by atoms with Crippen LogP contribution in [0, 0.1) is 0 Å². The first-order valence-electron chi connectivity index (χ1n) is 21.8. The molecule has 0 spiro atoms. The second kappa shape index (κ2) is 25.9. The van der Waals surface area contributed by atoms with E-state index in [4.69, 9.17) is 47.4 Å². The molecule has 0 aliphatic carbocycles. The predicted molar refractivity (Wildman–Crippen MR) is 214 cm³/mol. The van der Waals surface area contributed by atoms with E-state index in [1.54, 1.807) is 0 Å². The van der Waals surface area contributed by atoms with Crippen molar-refractivity contribution in [1.82, 2.24) is 16.0 Å². The van der Waals surface area contributed by atoms with Crippen molar-refractivity contribution < 1.29 is 138 Å². The summed E-state index contributed by atoms with van der Waals surface area (Å²) in [6, 6.07) is -4.24. The number of rotatable bonds is 21. The van der Waals surface area contributed by atoms with E-state index in [-0.39, 0.29) is 6.41 Å². The molecular weight excluding hydrogens is 946 g/mol. The number of hydrogen-bond acceptors (Lipinski definition) is 28. The molecule has 31 heteroatoms. The van der Waals surface area contributed by atoms with Crippen LogP contribution in [0.5, 0.6) is 0 Å². The second-order valence-corrected chi connectivity index (χ2v) is 16.9. The van der Waals surface area contributed by atoms with Gasteiger partial charge in [0, 0.05) is 13.8 Å². The second-order valence-electron chi connectivity index (χ2n) is 16.9. The number of carbonyl (C=O) groups is 3. The van der Waals surface area contributed by atoms with Crippen LogP contribution < -0.4 is 16.0 Å². The highest BCUT2D eigenvalue weighted by Gasteiger charge is 2.57. The van der Waals surface area contributed by atoms with Crippen molar-refractivity contribution in [3.05, 3.63) is 0 Å². The molecule has 0 saturated carbocycles. The van der Waals surface area contributed by atoms with Crippen LogP contribution in [0.1, 0.15) is 13.8 Å². The molecule has 0 radical (unpaired) electrons. The lowest BCUT2D eigenvalue weighted by atomic mass is 9.94. The predicted octanol–water partition coefficient (Wildman–Crippen LogP) is -12.5. The van der Waals surface area contributed by atoms with Gasteiger partial charge >= 0.3 is 0 Å². The first-order valence-corrected chi connectivity index (χ1v) is 21.8. The number of ether oxygens (including phenoxy) is 10. The number of aliphatic hydroxyl groups is 15. The maximum atomic E-state index is 12.7. The average Bonchev–Trinajstić information content (AvgIpc) is 3.32. The molecule has 5 fully saturated rings. The summed E-state index contributed by atoms with van der Waals surface area (Å²) < 4.78 is 57.1. The molecule has 5 aliphatic heterocycles. The smallest absolute Gasteiger partial charge is 0.217 e. The highest BCUT2D eigenvalue weighted by Crippen LogP contribution is 2.36. The van der Waals surface area contributed by atoms with Crippen LogP contribution in [0.15, 0.2) is 0 Å². The molecule has 26 atom stereocenters. The standard InChI is InChI=1S/C38H65N3O28/c1-11(49)40-19-24(54)21(51)14(4-43)61-34(19)69-33-23(53)16(6-45)63-38(29(33)59)68-32-20(41-12(2)50)35(62-15(5-44)22(32)52)66-30-18(8-47)65-37(28(58)26(30)56)67-31-17(7-46)64-36(27(57)25(31)55)60-9-13(3-42)39-10-48/h10,13-38,42-47,51-59H,3-9H2,1-2H3,(H,39,48)(H,40,49)(H,41,50)/t13-,14-,15-,16-,17-,18-,19-,20-,21+,22+,23+,24-,25-,26-,27-,28-,29-,30+,31-,32-,33+,34+,35+,36-,37+,38+/m1/s1. The fourth-order valence-corrected chi connectivity index (χ4v) is 8.42. The Labute approximate surface area is 391 Å². The van der Waals surface area contributed by atoms with Gasteiger partial charge in [0.2, 0.25) is 18.2 Å². The SMILES string of the molecule is CC(=O)N[C@H]1[C@H](O[C@H]2[C@@H](O)[C@@H](CO)O[C@@H](O[C@H]3[C@@H](O)[C@@H](CO)O[C@@H](O[C@@H]4[C@H](O)[C@@H](O)[C@H](O[C@H]5[C@H](O)[C@@H](O)[C@H](OC[C@@H](CO)NC=O)O[C@@H]5CO)O[C@@H]4CO)[C@@H]3NC(C)=O)[C@@H]2O)O[C@H](CO)[C@H](O)[C@@H]1O. The molecule has 5 heterocycles. The van der Waals surface area contributed by atoms with Gasteiger partial charge < -0.3 is 140 Å². The summed E-state index contributed by atoms with van der Waals surface area (Å²) in [6.07, 6.45) is -42.2. The Hall–Kier alpha value is -2.59. The summed E-state index contributed by atoms with van der Waals surface area (Å²) in [7, 11) is 0. The van der Waals surface area contributed by atoms with E-state index in [1.165, 1.54) is 0 Å². The Balaban J connectivity index is 1.35. The van der Waals surface area contributed by atoms with E-state index in [0.29, 0.717) is 0 Å². The van der Waals surface area contributed by atoms with Gasteiger partial charge in [-0.2, -0.15) is 0 Å². The number of hydrogen-bond donors (Lipinski definition) is 18. The third-order valence-corrected chi connectivity index (χ3v) is 12.1. The molecule has 69 heavy (non-hydrogen) atoms. The molecule has 5 rings (SSSR count). The number of amides is 3. The van der Waals surface area contributed by atoms with E-state index in [2.05, 4.69) is 16.0 Å². The summed E-state index contributed by atoms with van der Waals surface area (Å²) in [6.45, 7) is -3.64. The van der Waals surface area contributed by atoms with Gasteiger partial charge in [-0.15, -0.1) is 0 Å². The first-order chi connectivity index (χ1) is 32.8. The Morgan fingerprint density at radius 2 is 0.855 bits per heavy atom. The molecule has 0 aromatic carbocycles. The average molecular weight is 1010 g/mol. The topological polar surface area (TPSA) is 483 Å². The maximum absolute atomic E-state index is 12.7. The van der Waals surface area contributed by atoms with Crippen molar-refractivity contribution in [3.8, 4) is 0 Å². The van der Waals surface area contributed by atoms with Crippen LogP contribution in [0.4, 0.5) is 0 Å². The van der Waals surface area contributed by atoms with Gasteiger partial charge in [-0.25, -0.2) is 0 Å². The lowest BCUT2D eigenvalue weighted by Gasteiger charge is -2.50. The minimum atomic E-state index is -2.15. The number of nitrogens with one attached hydrogen (secondary N) is 3. The Bertz CT molecular complexity index is 1610. The van der Waals surface area contributed by atoms with Crippen LogP contribution in [-0.2, 0) is 61.8 Å². The van der Waals surface area contributed by atoms with E-state index < -0.39 is 218 Å². The molecule has 400 valence electrons. The lowest BCUT2D eigenvalue weighted by molar-refractivity contribution is -0.383. The highest BCUT2D eigenvalue weighted by molar-refractivity contribution is 5.73. The summed E-state index contributed by atoms with van der Waals surface area (Å²) in [5.74, 6) is -1.58. The number of aliphatic hydroxyl groups excluding tert-OH is 15. The van der Waals surface area contributed by atoms with Crippen LogP contribution >= 0.6 is 0 Å². The fourth-order valence-electron chi connectivity index (χ4n) is 8.42. The van der Waals surface area contributed by atoms with Crippen LogP contribution in [0.3, 0.4) is 0 Å². The summed E-state index contributed by atoms with van der Waals surface area (Å²) in [4.78, 5) is 35.5. The molecular formula is C38H65N3O28. The molecule has 5 aliphatic rings. The quantitative estimate of drug-likeness (QED) is 0.0475. The minimum absolute atomic E-state index is 0.287. The van der Waals surface area contributed by atoms with Crippen molar-refractivity contribution in [2.75, 3.05) is 46.2 Å². The largest absolute Gasteiger partial charge is 0.394 e. The van der Waals surface area contributed by atoms with Crippen LogP contribution in [0.25, 0.3) is 0 Å². The van der Waals surface area contributed by atoms with Crippen molar-refractivity contribution in [2.45, 2.75) is 173 Å². The molecule has 3 amide bonds. The lowest BCUT2D eigenvalue weighted by Crippen LogP contribution is -2.70. The molecule has 0 aromatic heterocycles. The molecule has 0 aromatic rings.